The fourth-order valence-electron chi connectivity index (χ4n) is 1.16. The summed E-state index contributed by atoms with van der Waals surface area (Å²) in [6, 6.07) is -0.480. The first-order valence-corrected chi connectivity index (χ1v) is 5.10. The Balaban J connectivity index is 4.37. The molecule has 0 N–H and O–H groups in total. The zero-order valence-corrected chi connectivity index (χ0v) is 9.50. The number of alkyl halides is 1. The van der Waals surface area contributed by atoms with E-state index >= 15 is 0 Å². The molecule has 0 fully saturated rings. The van der Waals surface area contributed by atoms with Crippen molar-refractivity contribution in [2.24, 2.45) is 0 Å². The molecule has 0 saturated carbocycles. The average Bonchev–Trinajstić information content (AvgIpc) is 2.18. The second kappa shape index (κ2) is 6.65. The summed E-state index contributed by atoms with van der Waals surface area (Å²) in [6.07, 6.45) is 0.0544. The third kappa shape index (κ3) is 3.54. The van der Waals surface area contributed by atoms with Crippen LogP contribution in [0.15, 0.2) is 0 Å². The molecule has 0 aromatic rings. The van der Waals surface area contributed by atoms with Crippen molar-refractivity contribution >= 4 is 23.5 Å². The van der Waals surface area contributed by atoms with Gasteiger partial charge < -0.3 is 9.64 Å². The number of ether oxygens (including phenoxy) is 1. The molecule has 0 radical (unpaired) electrons. The maximum Gasteiger partial charge on any atom is 0.410 e. The van der Waals surface area contributed by atoms with Crippen molar-refractivity contribution in [3.63, 3.8) is 0 Å². The number of carbonyl (C=O) groups is 2. The van der Waals surface area contributed by atoms with Gasteiger partial charge in [-0.1, -0.05) is 6.92 Å². The van der Waals surface area contributed by atoms with Crippen LogP contribution in [0.2, 0.25) is 0 Å². The first-order chi connectivity index (χ1) is 6.58. The first-order valence-electron chi connectivity index (χ1n) is 4.56. The number of ketones is 1. The van der Waals surface area contributed by atoms with Crippen LogP contribution in [0.25, 0.3) is 0 Å². The molecule has 0 aliphatic carbocycles. The van der Waals surface area contributed by atoms with E-state index in [1.54, 1.807) is 6.92 Å². The number of amides is 1. The maximum absolute atomic E-state index is 11.3. The molecule has 14 heavy (non-hydrogen) atoms. The molecule has 1 unspecified atom stereocenters. The summed E-state index contributed by atoms with van der Waals surface area (Å²) < 4.78 is 4.77. The van der Waals surface area contributed by atoms with Crippen LogP contribution >= 0.6 is 11.6 Å². The van der Waals surface area contributed by atoms with E-state index in [-0.39, 0.29) is 11.7 Å². The minimum absolute atomic E-state index is 0.0811. The molecule has 0 saturated heterocycles. The van der Waals surface area contributed by atoms with Gasteiger partial charge in [0.25, 0.3) is 0 Å². The SMILES string of the molecule is CCOC(=O)N(C)C(CC)C(=O)CCl. The minimum atomic E-state index is -0.488. The average molecular weight is 222 g/mol. The lowest BCUT2D eigenvalue weighted by molar-refractivity contribution is -0.121. The Morgan fingerprint density at radius 2 is 2.00 bits per heavy atom. The first kappa shape index (κ1) is 13.2. The smallest absolute Gasteiger partial charge is 0.410 e. The summed E-state index contributed by atoms with van der Waals surface area (Å²) in [5, 5.41) is 0. The van der Waals surface area contributed by atoms with Gasteiger partial charge in [-0.2, -0.15) is 0 Å². The van der Waals surface area contributed by atoms with Crippen LogP contribution < -0.4 is 0 Å². The Morgan fingerprint density at radius 1 is 1.43 bits per heavy atom. The molecule has 0 aromatic carbocycles. The predicted molar refractivity (Wildman–Crippen MR) is 54.6 cm³/mol. The number of hydrogen-bond acceptors (Lipinski definition) is 3. The van der Waals surface area contributed by atoms with Gasteiger partial charge in [0.2, 0.25) is 0 Å². The van der Waals surface area contributed by atoms with Crippen LogP contribution in [0.3, 0.4) is 0 Å². The van der Waals surface area contributed by atoms with E-state index in [1.165, 1.54) is 11.9 Å². The molecule has 0 bridgehead atoms. The van der Waals surface area contributed by atoms with Gasteiger partial charge in [0.15, 0.2) is 5.78 Å². The standard InChI is InChI=1S/C9H16ClNO3/c1-4-7(8(12)6-10)11(3)9(13)14-5-2/h7H,4-6H2,1-3H3. The van der Waals surface area contributed by atoms with E-state index in [9.17, 15) is 9.59 Å². The van der Waals surface area contributed by atoms with Crippen LogP contribution in [0.1, 0.15) is 20.3 Å². The highest BCUT2D eigenvalue weighted by Gasteiger charge is 2.24. The van der Waals surface area contributed by atoms with Gasteiger partial charge in [0.1, 0.15) is 0 Å². The lowest BCUT2D eigenvalue weighted by atomic mass is 10.1. The van der Waals surface area contributed by atoms with Crippen LogP contribution in [0, 0.1) is 0 Å². The second-order valence-corrected chi connectivity index (χ2v) is 3.10. The molecule has 0 aromatic heterocycles. The van der Waals surface area contributed by atoms with Crippen molar-refractivity contribution in [3.8, 4) is 0 Å². The summed E-state index contributed by atoms with van der Waals surface area (Å²) in [7, 11) is 1.54. The lowest BCUT2D eigenvalue weighted by Crippen LogP contribution is -2.42. The molecule has 0 rings (SSSR count). The van der Waals surface area contributed by atoms with Crippen molar-refractivity contribution in [2.45, 2.75) is 26.3 Å². The summed E-state index contributed by atoms with van der Waals surface area (Å²) in [4.78, 5) is 23.9. The number of nitrogens with zero attached hydrogens (tertiary/aromatic N) is 1. The normalized spacial score (nSPS) is 12.0. The predicted octanol–water partition coefficient (Wildman–Crippen LogP) is 1.66. The second-order valence-electron chi connectivity index (χ2n) is 2.83. The number of hydrogen-bond donors (Lipinski definition) is 0. The zero-order valence-electron chi connectivity index (χ0n) is 8.75. The van der Waals surface area contributed by atoms with Crippen molar-refractivity contribution in [2.75, 3.05) is 19.5 Å². The topological polar surface area (TPSA) is 46.6 Å². The Morgan fingerprint density at radius 3 is 2.36 bits per heavy atom. The Labute approximate surface area is 89.2 Å². The highest BCUT2D eigenvalue weighted by atomic mass is 35.5. The minimum Gasteiger partial charge on any atom is -0.450 e. The van der Waals surface area contributed by atoms with Gasteiger partial charge in [-0.3, -0.25) is 4.79 Å². The molecule has 0 aliphatic rings. The van der Waals surface area contributed by atoms with Gasteiger partial charge in [-0.05, 0) is 13.3 Å². The van der Waals surface area contributed by atoms with E-state index < -0.39 is 12.1 Å². The van der Waals surface area contributed by atoms with E-state index in [1.807, 2.05) is 6.92 Å². The van der Waals surface area contributed by atoms with Gasteiger partial charge >= 0.3 is 6.09 Å². The number of halogens is 1. The fraction of sp³-hybridized carbons (Fsp3) is 0.778. The Bertz CT molecular complexity index is 208. The van der Waals surface area contributed by atoms with Crippen molar-refractivity contribution in [3.05, 3.63) is 0 Å². The number of rotatable bonds is 5. The monoisotopic (exact) mass is 221 g/mol. The molecule has 0 heterocycles. The van der Waals surface area contributed by atoms with Gasteiger partial charge in [0.05, 0.1) is 18.5 Å². The third-order valence-electron chi connectivity index (χ3n) is 1.91. The number of Topliss-reactive ketones (excluding diaryl/α,β-unsaturated/α-hetero) is 1. The highest BCUT2D eigenvalue weighted by Crippen LogP contribution is 2.06. The lowest BCUT2D eigenvalue weighted by Gasteiger charge is -2.24. The molecule has 0 aliphatic heterocycles. The Kier molecular flexibility index (Phi) is 6.28. The van der Waals surface area contributed by atoms with E-state index in [2.05, 4.69) is 0 Å². The van der Waals surface area contributed by atoms with Crippen LogP contribution in [0.5, 0.6) is 0 Å². The van der Waals surface area contributed by atoms with E-state index in [0.717, 1.165) is 0 Å². The molecule has 1 atom stereocenters. The van der Waals surface area contributed by atoms with E-state index in [0.29, 0.717) is 13.0 Å². The molecular formula is C9H16ClNO3. The Hall–Kier alpha value is -0.770. The van der Waals surface area contributed by atoms with Crippen molar-refractivity contribution < 1.29 is 14.3 Å². The van der Waals surface area contributed by atoms with Gasteiger partial charge in [-0.25, -0.2) is 4.79 Å². The summed E-state index contributed by atoms with van der Waals surface area (Å²) in [5.74, 6) is -0.243. The summed E-state index contributed by atoms with van der Waals surface area (Å²) >= 11 is 5.42. The summed E-state index contributed by atoms with van der Waals surface area (Å²) in [5.41, 5.74) is 0. The van der Waals surface area contributed by atoms with E-state index in [4.69, 9.17) is 16.3 Å². The molecule has 1 amide bonds. The molecule has 82 valence electrons. The van der Waals surface area contributed by atoms with Crippen molar-refractivity contribution in [1.82, 2.24) is 4.90 Å². The molecule has 4 nitrogen and oxygen atoms in total. The zero-order chi connectivity index (χ0) is 11.1. The van der Waals surface area contributed by atoms with Gasteiger partial charge in [0, 0.05) is 7.05 Å². The highest BCUT2D eigenvalue weighted by molar-refractivity contribution is 6.28. The van der Waals surface area contributed by atoms with Crippen LogP contribution in [0.4, 0.5) is 4.79 Å². The summed E-state index contributed by atoms with van der Waals surface area (Å²) in [6.45, 7) is 3.84. The molecule has 5 heteroatoms. The third-order valence-corrected chi connectivity index (χ3v) is 2.18. The molecular weight excluding hydrogens is 206 g/mol. The van der Waals surface area contributed by atoms with Gasteiger partial charge in [-0.15, -0.1) is 11.6 Å². The van der Waals surface area contributed by atoms with Crippen LogP contribution in [-0.4, -0.2) is 42.4 Å². The van der Waals surface area contributed by atoms with Crippen LogP contribution in [-0.2, 0) is 9.53 Å². The maximum atomic E-state index is 11.3. The molecule has 0 spiro atoms. The number of carbonyl (C=O) groups excluding carboxylic acids is 2. The fourth-order valence-corrected chi connectivity index (χ4v) is 1.34. The largest absolute Gasteiger partial charge is 0.450 e. The van der Waals surface area contributed by atoms with Crippen molar-refractivity contribution in [1.29, 1.82) is 0 Å². The number of likely N-dealkylation sites (N-methyl/N-ethyl adjacent to an activating group) is 1. The quantitative estimate of drug-likeness (QED) is 0.664.